The van der Waals surface area contributed by atoms with Gasteiger partial charge in [0.05, 0.1) is 5.56 Å². The van der Waals surface area contributed by atoms with Crippen molar-refractivity contribution in [1.82, 2.24) is 5.32 Å². The Hall–Kier alpha value is -1.36. The maximum atomic E-state index is 13.1. The van der Waals surface area contributed by atoms with E-state index in [4.69, 9.17) is 0 Å². The highest BCUT2D eigenvalue weighted by Gasteiger charge is 2.31. The highest BCUT2D eigenvalue weighted by molar-refractivity contribution is 5.51. The van der Waals surface area contributed by atoms with Gasteiger partial charge >= 0.3 is 6.18 Å². The molecule has 0 atom stereocenters. The van der Waals surface area contributed by atoms with Gasteiger partial charge in [0.2, 0.25) is 0 Å². The first-order valence-corrected chi connectivity index (χ1v) is 5.73. The summed E-state index contributed by atoms with van der Waals surface area (Å²) in [6, 6.07) is 3.06. The van der Waals surface area contributed by atoms with Gasteiger partial charge in [-0.25, -0.2) is 4.39 Å². The molecule has 1 aromatic carbocycles. The molecule has 1 nitrogen and oxygen atoms in total. The van der Waals surface area contributed by atoms with Crippen LogP contribution in [0.1, 0.15) is 24.0 Å². The Balaban J connectivity index is 2.04. The van der Waals surface area contributed by atoms with E-state index in [9.17, 15) is 17.6 Å². The molecule has 1 aliphatic rings. The Morgan fingerprint density at radius 3 is 2.56 bits per heavy atom. The van der Waals surface area contributed by atoms with Crippen LogP contribution in [-0.2, 0) is 6.18 Å². The molecule has 0 heterocycles. The van der Waals surface area contributed by atoms with Crippen LogP contribution in [0.3, 0.4) is 0 Å². The zero-order valence-corrected chi connectivity index (χ0v) is 9.60. The van der Waals surface area contributed by atoms with E-state index in [0.717, 1.165) is 25.0 Å². The topological polar surface area (TPSA) is 12.0 Å². The second kappa shape index (κ2) is 5.10. The van der Waals surface area contributed by atoms with Gasteiger partial charge in [-0.15, -0.1) is 0 Å². The molecule has 5 heteroatoms. The average Bonchev–Trinajstić information content (AvgIpc) is 3.06. The molecule has 0 spiro atoms. The fourth-order valence-corrected chi connectivity index (χ4v) is 1.59. The van der Waals surface area contributed by atoms with Gasteiger partial charge in [0.15, 0.2) is 0 Å². The molecule has 1 aliphatic carbocycles. The molecule has 1 fully saturated rings. The summed E-state index contributed by atoms with van der Waals surface area (Å²) in [6.07, 6.45) is 0.968. The smallest absolute Gasteiger partial charge is 0.311 e. The van der Waals surface area contributed by atoms with Crippen molar-refractivity contribution in [3.05, 3.63) is 41.2 Å². The summed E-state index contributed by atoms with van der Waals surface area (Å²) in [5.41, 5.74) is -0.739. The minimum absolute atomic E-state index is 0.222. The summed E-state index contributed by atoms with van der Waals surface area (Å²) in [5, 5.41) is 3.18. The Bertz CT molecular complexity index is 447. The van der Waals surface area contributed by atoms with E-state index in [1.54, 1.807) is 6.08 Å². The lowest BCUT2D eigenvalue weighted by Gasteiger charge is -2.07. The molecule has 1 aromatic rings. The molecular formula is C13H13F4N. The molecule has 0 amide bonds. The maximum Gasteiger partial charge on any atom is 0.416 e. The zero-order chi connectivity index (χ0) is 13.2. The third kappa shape index (κ3) is 3.84. The monoisotopic (exact) mass is 259 g/mol. The van der Waals surface area contributed by atoms with Crippen LogP contribution in [-0.4, -0.2) is 12.6 Å². The Morgan fingerprint density at radius 1 is 1.22 bits per heavy atom. The average molecular weight is 259 g/mol. The lowest BCUT2D eigenvalue weighted by Crippen LogP contribution is -2.15. The molecule has 1 saturated carbocycles. The molecule has 0 aromatic heterocycles. The quantitative estimate of drug-likeness (QED) is 0.814. The summed E-state index contributed by atoms with van der Waals surface area (Å²) < 4.78 is 50.4. The first kappa shape index (κ1) is 13.1. The largest absolute Gasteiger partial charge is 0.416 e. The van der Waals surface area contributed by atoms with Gasteiger partial charge in [-0.05, 0) is 36.6 Å². The lowest BCUT2D eigenvalue weighted by molar-refractivity contribution is -0.137. The van der Waals surface area contributed by atoms with Gasteiger partial charge in [-0.2, -0.15) is 13.2 Å². The van der Waals surface area contributed by atoms with Crippen molar-refractivity contribution in [2.24, 2.45) is 0 Å². The maximum absolute atomic E-state index is 13.1. The molecule has 0 aliphatic heterocycles. The van der Waals surface area contributed by atoms with E-state index in [-0.39, 0.29) is 5.56 Å². The van der Waals surface area contributed by atoms with E-state index in [1.807, 2.05) is 0 Å². The zero-order valence-electron chi connectivity index (χ0n) is 9.60. The standard InChI is InChI=1S/C13H13F4N/c14-11-7-9(2-1-5-18-12-3-4-12)6-10(8-11)13(15,16)17/h1-2,6-8,12,18H,3-5H2/b2-1+. The second-order valence-corrected chi connectivity index (χ2v) is 4.36. The number of nitrogens with one attached hydrogen (secondary N) is 1. The van der Waals surface area contributed by atoms with E-state index >= 15 is 0 Å². The SMILES string of the molecule is Fc1cc(/C=C/CNC2CC2)cc(C(F)(F)F)c1. The molecule has 0 radical (unpaired) electrons. The van der Waals surface area contributed by atoms with Crippen LogP contribution in [0.5, 0.6) is 0 Å². The minimum Gasteiger partial charge on any atom is -0.311 e. The Kier molecular flexibility index (Phi) is 3.71. The summed E-state index contributed by atoms with van der Waals surface area (Å²) >= 11 is 0. The first-order chi connectivity index (χ1) is 8.45. The Morgan fingerprint density at radius 2 is 1.94 bits per heavy atom. The molecule has 0 bridgehead atoms. The van der Waals surface area contributed by atoms with Crippen molar-refractivity contribution in [3.63, 3.8) is 0 Å². The van der Waals surface area contributed by atoms with Crippen LogP contribution < -0.4 is 5.32 Å². The molecule has 0 saturated heterocycles. The van der Waals surface area contributed by atoms with Crippen LogP contribution in [0.25, 0.3) is 6.08 Å². The van der Waals surface area contributed by atoms with Crippen LogP contribution in [0.4, 0.5) is 17.6 Å². The van der Waals surface area contributed by atoms with E-state index in [2.05, 4.69) is 5.32 Å². The summed E-state index contributed by atoms with van der Waals surface area (Å²) in [4.78, 5) is 0. The van der Waals surface area contributed by atoms with E-state index in [0.29, 0.717) is 18.7 Å². The summed E-state index contributed by atoms with van der Waals surface area (Å²) in [7, 11) is 0. The molecule has 18 heavy (non-hydrogen) atoms. The number of rotatable bonds is 4. The third-order valence-corrected chi connectivity index (χ3v) is 2.66. The summed E-state index contributed by atoms with van der Waals surface area (Å²) in [5.74, 6) is -0.875. The first-order valence-electron chi connectivity index (χ1n) is 5.73. The number of hydrogen-bond acceptors (Lipinski definition) is 1. The van der Waals surface area contributed by atoms with Crippen LogP contribution in [0.15, 0.2) is 24.3 Å². The Labute approximate surface area is 103 Å². The van der Waals surface area contributed by atoms with E-state index in [1.165, 1.54) is 6.08 Å². The highest BCUT2D eigenvalue weighted by atomic mass is 19.4. The van der Waals surface area contributed by atoms with Crippen molar-refractivity contribution < 1.29 is 17.6 Å². The molecular weight excluding hydrogens is 246 g/mol. The van der Waals surface area contributed by atoms with Crippen LogP contribution in [0, 0.1) is 5.82 Å². The predicted octanol–water partition coefficient (Wildman–Crippen LogP) is 3.61. The van der Waals surface area contributed by atoms with Crippen molar-refractivity contribution in [2.75, 3.05) is 6.54 Å². The van der Waals surface area contributed by atoms with Gasteiger partial charge < -0.3 is 5.32 Å². The molecule has 2 rings (SSSR count). The van der Waals surface area contributed by atoms with Gasteiger partial charge in [0.25, 0.3) is 0 Å². The highest BCUT2D eigenvalue weighted by Crippen LogP contribution is 2.30. The molecule has 0 unspecified atom stereocenters. The van der Waals surface area contributed by atoms with Crippen LogP contribution in [0.2, 0.25) is 0 Å². The van der Waals surface area contributed by atoms with Gasteiger partial charge in [-0.1, -0.05) is 12.2 Å². The normalized spacial score (nSPS) is 16.4. The van der Waals surface area contributed by atoms with Crippen molar-refractivity contribution >= 4 is 6.08 Å². The molecule has 98 valence electrons. The number of hydrogen-bond donors (Lipinski definition) is 1. The van der Waals surface area contributed by atoms with Crippen molar-refractivity contribution in [1.29, 1.82) is 0 Å². The third-order valence-electron chi connectivity index (χ3n) is 2.66. The fourth-order valence-electron chi connectivity index (χ4n) is 1.59. The van der Waals surface area contributed by atoms with Crippen molar-refractivity contribution in [2.45, 2.75) is 25.1 Å². The van der Waals surface area contributed by atoms with Gasteiger partial charge in [0.1, 0.15) is 5.82 Å². The minimum atomic E-state index is -4.52. The fraction of sp³-hybridized carbons (Fsp3) is 0.385. The number of halogens is 4. The van der Waals surface area contributed by atoms with Crippen molar-refractivity contribution in [3.8, 4) is 0 Å². The second-order valence-electron chi connectivity index (χ2n) is 4.36. The van der Waals surface area contributed by atoms with Gasteiger partial charge in [0, 0.05) is 12.6 Å². The van der Waals surface area contributed by atoms with Crippen LogP contribution >= 0.6 is 0 Å². The van der Waals surface area contributed by atoms with E-state index < -0.39 is 17.6 Å². The molecule has 1 N–H and O–H groups in total. The van der Waals surface area contributed by atoms with Gasteiger partial charge in [-0.3, -0.25) is 0 Å². The predicted molar refractivity (Wildman–Crippen MR) is 61.5 cm³/mol. The number of benzene rings is 1. The lowest BCUT2D eigenvalue weighted by atomic mass is 10.1. The summed E-state index contributed by atoms with van der Waals surface area (Å²) in [6.45, 7) is 0.586. The number of alkyl halides is 3.